The van der Waals surface area contributed by atoms with Crippen LogP contribution in [0.1, 0.15) is 51.2 Å². The van der Waals surface area contributed by atoms with Crippen molar-refractivity contribution in [3.8, 4) is 5.75 Å². The van der Waals surface area contributed by atoms with Gasteiger partial charge in [-0.2, -0.15) is 0 Å². The molecule has 172 valence electrons. The van der Waals surface area contributed by atoms with E-state index in [1.54, 1.807) is 18.2 Å². The Bertz CT molecular complexity index is 828. The van der Waals surface area contributed by atoms with Gasteiger partial charge in [-0.15, -0.1) is 34.2 Å². The molecule has 3 rings (SSSR count). The van der Waals surface area contributed by atoms with Crippen molar-refractivity contribution < 1.29 is 9.13 Å². The lowest BCUT2D eigenvalue weighted by Gasteiger charge is -2.15. The zero-order valence-corrected chi connectivity index (χ0v) is 20.8. The maximum atomic E-state index is 13.7. The summed E-state index contributed by atoms with van der Waals surface area (Å²) in [5.41, 5.74) is 0. The molecule has 1 aliphatic heterocycles. The number of aliphatic imine (C=N–C) groups is 1. The number of guanidine groups is 1. The fourth-order valence-electron chi connectivity index (χ4n) is 3.54. The summed E-state index contributed by atoms with van der Waals surface area (Å²) in [5.74, 6) is 2.86. The minimum atomic E-state index is -0.357. The minimum absolute atomic E-state index is 0. The minimum Gasteiger partial charge on any atom is -0.486 e. The summed E-state index contributed by atoms with van der Waals surface area (Å²) >= 11 is 0. The van der Waals surface area contributed by atoms with E-state index in [0.29, 0.717) is 6.54 Å². The predicted molar refractivity (Wildman–Crippen MR) is 132 cm³/mol. The molecule has 0 radical (unpaired) electrons. The number of ether oxygens (including phenoxy) is 1. The molecule has 0 fully saturated rings. The molecule has 7 nitrogen and oxygen atoms in total. The van der Waals surface area contributed by atoms with E-state index < -0.39 is 0 Å². The average molecular weight is 544 g/mol. The fourth-order valence-corrected chi connectivity index (χ4v) is 3.54. The maximum absolute atomic E-state index is 13.7. The van der Waals surface area contributed by atoms with E-state index in [-0.39, 0.29) is 41.6 Å². The van der Waals surface area contributed by atoms with Crippen LogP contribution in [0.3, 0.4) is 0 Å². The Balaban J connectivity index is 0.00000341. The number of nitrogens with zero attached hydrogens (tertiary/aromatic N) is 4. The summed E-state index contributed by atoms with van der Waals surface area (Å²) in [6.45, 7) is 6.94. The summed E-state index contributed by atoms with van der Waals surface area (Å²) in [5, 5.41) is 15.4. The Labute approximate surface area is 201 Å². The molecule has 9 heteroatoms. The van der Waals surface area contributed by atoms with Crippen LogP contribution in [0.2, 0.25) is 0 Å². The van der Waals surface area contributed by atoms with Crippen LogP contribution >= 0.6 is 24.0 Å². The number of para-hydroxylation sites is 1. The van der Waals surface area contributed by atoms with Crippen LogP contribution < -0.4 is 15.4 Å². The molecule has 2 heterocycles. The number of fused-ring (bicyclic) bond motifs is 1. The summed E-state index contributed by atoms with van der Waals surface area (Å²) < 4.78 is 21.7. The summed E-state index contributed by atoms with van der Waals surface area (Å²) in [7, 11) is 0. The third-order valence-electron chi connectivity index (χ3n) is 5.07. The number of aromatic nitrogens is 3. The Hall–Kier alpha value is -1.91. The Morgan fingerprint density at radius 2 is 2.06 bits per heavy atom. The molecule has 0 bridgehead atoms. The number of halogens is 2. The third-order valence-corrected chi connectivity index (χ3v) is 5.07. The van der Waals surface area contributed by atoms with Crippen LogP contribution in [0.5, 0.6) is 5.75 Å². The zero-order valence-electron chi connectivity index (χ0n) is 18.4. The van der Waals surface area contributed by atoms with Crippen molar-refractivity contribution in [2.45, 2.75) is 65.0 Å². The average Bonchev–Trinajstić information content (AvgIpc) is 2.97. The molecule has 1 atom stereocenters. The lowest BCUT2D eigenvalue weighted by atomic mass is 10.2. The van der Waals surface area contributed by atoms with Crippen LogP contribution in [0.15, 0.2) is 29.3 Å². The molecule has 2 aromatic rings. The van der Waals surface area contributed by atoms with Crippen LogP contribution in [-0.4, -0.2) is 46.5 Å². The largest absolute Gasteiger partial charge is 0.486 e. The summed E-state index contributed by atoms with van der Waals surface area (Å²) in [6.07, 6.45) is 6.34. The van der Waals surface area contributed by atoms with E-state index >= 15 is 0 Å². The number of aryl methyl sites for hydroxylation is 2. The Morgan fingerprint density at radius 3 is 2.87 bits per heavy atom. The fraction of sp³-hybridized carbons (Fsp3) is 0.591. The van der Waals surface area contributed by atoms with Gasteiger partial charge >= 0.3 is 0 Å². The van der Waals surface area contributed by atoms with E-state index in [9.17, 15) is 4.39 Å². The van der Waals surface area contributed by atoms with Gasteiger partial charge in [0.25, 0.3) is 0 Å². The third kappa shape index (κ3) is 7.93. The van der Waals surface area contributed by atoms with Gasteiger partial charge in [-0.05, 0) is 45.2 Å². The highest BCUT2D eigenvalue weighted by atomic mass is 127. The van der Waals surface area contributed by atoms with Gasteiger partial charge in [-0.3, -0.25) is 0 Å². The van der Waals surface area contributed by atoms with Crippen molar-refractivity contribution in [1.29, 1.82) is 0 Å². The molecule has 2 N–H and O–H groups in total. The second-order valence-electron chi connectivity index (χ2n) is 7.60. The van der Waals surface area contributed by atoms with Crippen LogP contribution in [0.4, 0.5) is 4.39 Å². The quantitative estimate of drug-likeness (QED) is 0.218. The number of nitrogens with one attached hydrogen (secondary N) is 2. The van der Waals surface area contributed by atoms with Gasteiger partial charge in [0.15, 0.2) is 17.5 Å². The van der Waals surface area contributed by atoms with Crippen molar-refractivity contribution in [1.82, 2.24) is 25.4 Å². The molecule has 1 aromatic heterocycles. The molecule has 1 aliphatic rings. The van der Waals surface area contributed by atoms with Crippen LogP contribution in [-0.2, 0) is 19.4 Å². The number of hydrogen-bond acceptors (Lipinski definition) is 4. The number of hydrogen-bond donors (Lipinski definition) is 2. The van der Waals surface area contributed by atoms with Gasteiger partial charge in [0.05, 0.1) is 6.54 Å². The van der Waals surface area contributed by atoms with Gasteiger partial charge in [0.2, 0.25) is 0 Å². The Kier molecular flexibility index (Phi) is 11.0. The second-order valence-corrected chi connectivity index (χ2v) is 7.60. The molecule has 1 aromatic carbocycles. The maximum Gasteiger partial charge on any atom is 0.191 e. The normalized spacial score (nSPS) is 14.7. The summed E-state index contributed by atoms with van der Waals surface area (Å²) in [6, 6.07) is 6.43. The molecule has 1 unspecified atom stereocenters. The molecule has 0 amide bonds. The smallest absolute Gasteiger partial charge is 0.191 e. The first-order valence-corrected chi connectivity index (χ1v) is 11.0. The molecule has 0 saturated carbocycles. The van der Waals surface area contributed by atoms with E-state index in [4.69, 9.17) is 4.74 Å². The van der Waals surface area contributed by atoms with Crippen molar-refractivity contribution in [3.63, 3.8) is 0 Å². The van der Waals surface area contributed by atoms with Gasteiger partial charge < -0.3 is 19.9 Å². The summed E-state index contributed by atoms with van der Waals surface area (Å²) in [4.78, 5) is 4.57. The molecular formula is C22H34FIN6O. The van der Waals surface area contributed by atoms with Gasteiger partial charge in [0, 0.05) is 32.5 Å². The lowest BCUT2D eigenvalue weighted by molar-refractivity contribution is 0.220. The topological polar surface area (TPSA) is 76.4 Å². The van der Waals surface area contributed by atoms with E-state index in [2.05, 4.69) is 30.4 Å². The molecule has 31 heavy (non-hydrogen) atoms. The van der Waals surface area contributed by atoms with Gasteiger partial charge in [-0.1, -0.05) is 18.6 Å². The van der Waals surface area contributed by atoms with Crippen molar-refractivity contribution in [3.05, 3.63) is 41.7 Å². The van der Waals surface area contributed by atoms with Crippen LogP contribution in [0, 0.1) is 5.82 Å². The van der Waals surface area contributed by atoms with E-state index in [1.807, 2.05) is 13.8 Å². The van der Waals surface area contributed by atoms with Crippen LogP contribution in [0.25, 0.3) is 0 Å². The first-order valence-electron chi connectivity index (χ1n) is 11.0. The lowest BCUT2D eigenvalue weighted by Crippen LogP contribution is -2.38. The molecule has 0 spiro atoms. The highest BCUT2D eigenvalue weighted by Gasteiger charge is 2.14. The molecule has 0 saturated heterocycles. The number of rotatable bonds is 9. The second kappa shape index (κ2) is 13.5. The number of benzene rings is 1. The van der Waals surface area contributed by atoms with Crippen molar-refractivity contribution in [2.24, 2.45) is 4.99 Å². The standard InChI is InChI=1S/C22H33FN6O.HI/c1-3-24-22(26-16-17(2)30-19-11-7-6-10-18(19)23)25-14-9-13-21-28-27-20-12-5-4-8-15-29(20)21;/h6-7,10-11,17H,3-5,8-9,12-16H2,1-2H3,(H2,24,25,26);1H. The first kappa shape index (κ1) is 25.4. The zero-order chi connectivity index (χ0) is 21.2. The van der Waals surface area contributed by atoms with Gasteiger partial charge in [0.1, 0.15) is 17.8 Å². The monoisotopic (exact) mass is 544 g/mol. The Morgan fingerprint density at radius 1 is 1.23 bits per heavy atom. The highest BCUT2D eigenvalue weighted by molar-refractivity contribution is 14.0. The van der Waals surface area contributed by atoms with Gasteiger partial charge in [-0.25, -0.2) is 9.38 Å². The highest BCUT2D eigenvalue weighted by Crippen LogP contribution is 2.17. The molecule has 0 aliphatic carbocycles. The van der Waals surface area contributed by atoms with Crippen molar-refractivity contribution >= 4 is 29.9 Å². The first-order chi connectivity index (χ1) is 14.7. The SMILES string of the molecule is CCNC(=NCC(C)Oc1ccccc1F)NCCCc1nnc2n1CCCCC2.I. The molecular weight excluding hydrogens is 510 g/mol. The van der Waals surface area contributed by atoms with Crippen molar-refractivity contribution in [2.75, 3.05) is 19.6 Å². The van der Waals surface area contributed by atoms with E-state index in [1.165, 1.54) is 25.3 Å². The van der Waals surface area contributed by atoms with E-state index in [0.717, 1.165) is 56.5 Å². The predicted octanol–water partition coefficient (Wildman–Crippen LogP) is 3.72.